The highest BCUT2D eigenvalue weighted by Crippen LogP contribution is 2.39. The highest BCUT2D eigenvalue weighted by Gasteiger charge is 2.24. The van der Waals surface area contributed by atoms with Crippen LogP contribution in [0.5, 0.6) is 11.5 Å². The minimum atomic E-state index is -0.484. The zero-order valence-electron chi connectivity index (χ0n) is 23.4. The third kappa shape index (κ3) is 8.63. The highest BCUT2D eigenvalue weighted by molar-refractivity contribution is 7.22. The maximum Gasteiger partial charge on any atom is 0.166 e. The zero-order valence-corrected chi connectivity index (χ0v) is 24.2. The van der Waals surface area contributed by atoms with Crippen molar-refractivity contribution in [2.75, 3.05) is 33.0 Å². The van der Waals surface area contributed by atoms with Crippen LogP contribution >= 0.6 is 11.3 Å². The van der Waals surface area contributed by atoms with Crippen LogP contribution in [0.1, 0.15) is 43.7 Å². The number of halogens is 1. The molecule has 5 rings (SSSR count). The van der Waals surface area contributed by atoms with Gasteiger partial charge in [0.15, 0.2) is 11.6 Å². The molecule has 7 nitrogen and oxygen atoms in total. The van der Waals surface area contributed by atoms with Crippen LogP contribution < -0.4 is 10.1 Å². The van der Waals surface area contributed by atoms with Crippen LogP contribution in [0.4, 0.5) is 4.39 Å². The van der Waals surface area contributed by atoms with Crippen LogP contribution in [-0.4, -0.2) is 48.7 Å². The molecule has 0 atom stereocenters. The van der Waals surface area contributed by atoms with Gasteiger partial charge in [0.25, 0.3) is 0 Å². The van der Waals surface area contributed by atoms with Gasteiger partial charge in [-0.15, -0.1) is 11.3 Å². The van der Waals surface area contributed by atoms with Crippen molar-refractivity contribution in [2.24, 2.45) is 5.92 Å². The first-order valence-electron chi connectivity index (χ1n) is 14.3. The van der Waals surface area contributed by atoms with Gasteiger partial charge in [-0.1, -0.05) is 19.1 Å². The third-order valence-electron chi connectivity index (χ3n) is 6.76. The molecule has 3 heterocycles. The Morgan fingerprint density at radius 3 is 2.59 bits per heavy atom. The van der Waals surface area contributed by atoms with Gasteiger partial charge in [-0.3, -0.25) is 14.8 Å². The van der Waals surface area contributed by atoms with Crippen molar-refractivity contribution in [1.82, 2.24) is 15.3 Å². The molecule has 0 aliphatic heterocycles. The number of nitrogens with zero attached hydrogens (tertiary/aromatic N) is 2. The van der Waals surface area contributed by atoms with Gasteiger partial charge in [-0.25, -0.2) is 4.39 Å². The summed E-state index contributed by atoms with van der Waals surface area (Å²) in [6.07, 6.45) is 7.64. The minimum Gasteiger partial charge on any atom is -0.453 e. The molecular formula is C32H36FN3O4S. The second kappa shape index (κ2) is 14.6. The van der Waals surface area contributed by atoms with Crippen molar-refractivity contribution >= 4 is 27.3 Å². The number of Topliss-reactive ketones (excluding diaryl/α,β-unsaturated/α-hetero) is 1. The number of rotatable bonds is 17. The molecule has 41 heavy (non-hydrogen) atoms. The van der Waals surface area contributed by atoms with E-state index in [4.69, 9.17) is 14.2 Å². The molecule has 0 amide bonds. The number of thiophene rings is 1. The number of carbonyl (C=O) groups excluding carboxylic acids is 1. The first kappa shape index (κ1) is 29.3. The summed E-state index contributed by atoms with van der Waals surface area (Å²) in [6, 6.07) is 12.5. The van der Waals surface area contributed by atoms with Crippen molar-refractivity contribution in [3.05, 3.63) is 71.8 Å². The second-order valence-electron chi connectivity index (χ2n) is 10.3. The van der Waals surface area contributed by atoms with Crippen molar-refractivity contribution in [3.63, 3.8) is 0 Å². The second-order valence-corrected chi connectivity index (χ2v) is 11.4. The monoisotopic (exact) mass is 577 g/mol. The number of ketones is 1. The molecule has 0 spiro atoms. The lowest BCUT2D eigenvalue weighted by Crippen LogP contribution is -2.20. The number of hydrogen-bond acceptors (Lipinski definition) is 8. The summed E-state index contributed by atoms with van der Waals surface area (Å²) in [5, 5.41) is 3.36. The van der Waals surface area contributed by atoms with Crippen LogP contribution in [0.15, 0.2) is 54.9 Å². The Morgan fingerprint density at radius 2 is 1.83 bits per heavy atom. The Labute approximate surface area is 244 Å². The third-order valence-corrected chi connectivity index (χ3v) is 7.92. The first-order valence-corrected chi connectivity index (χ1v) is 15.1. The van der Waals surface area contributed by atoms with E-state index < -0.39 is 5.82 Å². The topological polar surface area (TPSA) is 82.6 Å². The van der Waals surface area contributed by atoms with Crippen molar-refractivity contribution in [1.29, 1.82) is 0 Å². The van der Waals surface area contributed by atoms with E-state index in [0.29, 0.717) is 50.0 Å². The van der Waals surface area contributed by atoms with E-state index >= 15 is 0 Å². The lowest BCUT2D eigenvalue weighted by atomic mass is 10.0. The summed E-state index contributed by atoms with van der Waals surface area (Å²) < 4.78 is 32.7. The minimum absolute atomic E-state index is 0.121. The van der Waals surface area contributed by atoms with Crippen molar-refractivity contribution < 1.29 is 23.4 Å². The van der Waals surface area contributed by atoms with E-state index in [1.807, 2.05) is 18.3 Å². The standard InChI is InChI=1S/C32H36FN3O4S/c1-2-12-38-14-15-39-13-11-34-20-24-5-7-27(36-21-24)31-19-28-32(41-31)30(9-10-35-28)40-29-8-6-23(18-26(29)33)17-25(37)16-22-3-4-22/h5-10,18-19,21-22,34H,2-4,11-17,20H2,1H3. The summed E-state index contributed by atoms with van der Waals surface area (Å²) in [6.45, 7) is 6.19. The summed E-state index contributed by atoms with van der Waals surface area (Å²) in [5.74, 6) is 0.858. The SMILES string of the molecule is CCCOCCOCCNCc1ccc(-c2cc3nccc(Oc4ccc(CC(=O)CC5CC5)cc4F)c3s2)nc1. The van der Waals surface area contributed by atoms with E-state index in [0.717, 1.165) is 58.8 Å². The van der Waals surface area contributed by atoms with E-state index in [1.54, 1.807) is 24.4 Å². The predicted octanol–water partition coefficient (Wildman–Crippen LogP) is 6.73. The van der Waals surface area contributed by atoms with Crippen LogP contribution in [0.25, 0.3) is 20.8 Å². The average molecular weight is 578 g/mol. The van der Waals surface area contributed by atoms with Gasteiger partial charge >= 0.3 is 0 Å². The van der Waals surface area contributed by atoms with Gasteiger partial charge in [0.05, 0.1) is 40.6 Å². The number of nitrogens with one attached hydrogen (secondary N) is 1. The summed E-state index contributed by atoms with van der Waals surface area (Å²) in [5.41, 5.74) is 3.35. The molecule has 9 heteroatoms. The number of aromatic nitrogens is 2. The molecule has 1 aliphatic rings. The normalized spacial score (nSPS) is 13.1. The number of carbonyl (C=O) groups is 1. The van der Waals surface area contributed by atoms with Crippen LogP contribution in [0.2, 0.25) is 0 Å². The Morgan fingerprint density at radius 1 is 1.00 bits per heavy atom. The van der Waals surface area contributed by atoms with E-state index in [9.17, 15) is 9.18 Å². The summed E-state index contributed by atoms with van der Waals surface area (Å²) in [7, 11) is 0. The molecule has 0 radical (unpaired) electrons. The lowest BCUT2D eigenvalue weighted by molar-refractivity contribution is -0.118. The summed E-state index contributed by atoms with van der Waals surface area (Å²) >= 11 is 1.51. The van der Waals surface area contributed by atoms with Gasteiger partial charge in [-0.05, 0) is 60.6 Å². The number of benzene rings is 1. The predicted molar refractivity (Wildman–Crippen MR) is 159 cm³/mol. The molecule has 1 aliphatic carbocycles. The van der Waals surface area contributed by atoms with Crippen LogP contribution in [0.3, 0.4) is 0 Å². The van der Waals surface area contributed by atoms with Gasteiger partial charge < -0.3 is 19.5 Å². The fourth-order valence-corrected chi connectivity index (χ4v) is 5.48. The number of fused-ring (bicyclic) bond motifs is 1. The molecule has 3 aromatic heterocycles. The fraction of sp³-hybridized carbons (Fsp3) is 0.406. The maximum atomic E-state index is 14.9. The van der Waals surface area contributed by atoms with E-state index in [2.05, 4.69) is 28.3 Å². The van der Waals surface area contributed by atoms with Crippen molar-refractivity contribution in [2.45, 2.75) is 45.6 Å². The van der Waals surface area contributed by atoms with Gasteiger partial charge in [0.2, 0.25) is 0 Å². The first-order chi connectivity index (χ1) is 20.1. The van der Waals surface area contributed by atoms with E-state index in [1.165, 1.54) is 17.4 Å². The van der Waals surface area contributed by atoms with E-state index in [-0.39, 0.29) is 18.0 Å². The quantitative estimate of drug-likeness (QED) is 0.139. The summed E-state index contributed by atoms with van der Waals surface area (Å²) in [4.78, 5) is 22.2. The highest BCUT2D eigenvalue weighted by atomic mass is 32.1. The number of pyridine rings is 2. The van der Waals surface area contributed by atoms with Gasteiger partial charge in [-0.2, -0.15) is 0 Å². The molecule has 0 unspecified atom stereocenters. The molecule has 1 saturated carbocycles. The van der Waals surface area contributed by atoms with Crippen LogP contribution in [-0.2, 0) is 27.2 Å². The Hall–Kier alpha value is -3.24. The maximum absolute atomic E-state index is 14.9. The molecular weight excluding hydrogens is 541 g/mol. The Bertz CT molecular complexity index is 1440. The number of hydrogen-bond donors (Lipinski definition) is 1. The smallest absolute Gasteiger partial charge is 0.166 e. The molecule has 1 aromatic carbocycles. The zero-order chi connectivity index (χ0) is 28.4. The fourth-order valence-electron chi connectivity index (χ4n) is 4.44. The Kier molecular flexibility index (Phi) is 10.4. The number of ether oxygens (including phenoxy) is 3. The largest absolute Gasteiger partial charge is 0.453 e. The molecule has 1 fully saturated rings. The van der Waals surface area contributed by atoms with Crippen LogP contribution in [0, 0.1) is 11.7 Å². The van der Waals surface area contributed by atoms with Crippen molar-refractivity contribution in [3.8, 4) is 22.1 Å². The molecule has 4 aromatic rings. The molecule has 216 valence electrons. The molecule has 1 N–H and O–H groups in total. The van der Waals surface area contributed by atoms with Gasteiger partial charge in [0, 0.05) is 51.0 Å². The molecule has 0 bridgehead atoms. The lowest BCUT2D eigenvalue weighted by Gasteiger charge is -2.09. The average Bonchev–Trinajstić information content (AvgIpc) is 3.67. The Balaban J connectivity index is 1.16. The molecule has 0 saturated heterocycles. The van der Waals surface area contributed by atoms with Gasteiger partial charge in [0.1, 0.15) is 11.5 Å².